The summed E-state index contributed by atoms with van der Waals surface area (Å²) in [5.74, 6) is -0.123. The molecule has 0 aromatic heterocycles. The van der Waals surface area contributed by atoms with E-state index in [1.54, 1.807) is 0 Å². The van der Waals surface area contributed by atoms with Crippen LogP contribution in [0.3, 0.4) is 0 Å². The lowest BCUT2D eigenvalue weighted by Crippen LogP contribution is -2.19. The van der Waals surface area contributed by atoms with Crippen molar-refractivity contribution in [3.05, 3.63) is 63.5 Å². The molecular formula is C18H16BrN3OS. The molecule has 4 nitrogen and oxygen atoms in total. The van der Waals surface area contributed by atoms with E-state index in [9.17, 15) is 4.79 Å². The third-order valence-corrected chi connectivity index (χ3v) is 4.93. The number of rotatable bonds is 3. The largest absolute Gasteiger partial charge is 0.377 e. The summed E-state index contributed by atoms with van der Waals surface area (Å²) >= 11 is 4.92. The Kier molecular flexibility index (Phi) is 5.06. The number of para-hydroxylation sites is 1. The Morgan fingerprint density at radius 1 is 1.17 bits per heavy atom. The van der Waals surface area contributed by atoms with Crippen molar-refractivity contribution in [2.24, 2.45) is 4.99 Å². The molecule has 1 fully saturated rings. The Labute approximate surface area is 153 Å². The van der Waals surface area contributed by atoms with E-state index in [2.05, 4.69) is 26.2 Å². The van der Waals surface area contributed by atoms with Gasteiger partial charge in [-0.15, -0.1) is 0 Å². The minimum Gasteiger partial charge on any atom is -0.377 e. The zero-order valence-electron chi connectivity index (χ0n) is 13.3. The van der Waals surface area contributed by atoms with Crippen molar-refractivity contribution < 1.29 is 4.79 Å². The number of nitrogens with zero attached hydrogens (tertiary/aromatic N) is 2. The van der Waals surface area contributed by atoms with Crippen molar-refractivity contribution in [2.45, 2.75) is 0 Å². The summed E-state index contributed by atoms with van der Waals surface area (Å²) in [5.41, 5.74) is 2.87. The highest BCUT2D eigenvalue weighted by Crippen LogP contribution is 2.30. The topological polar surface area (TPSA) is 44.7 Å². The molecule has 0 bridgehead atoms. The molecule has 0 aliphatic carbocycles. The lowest BCUT2D eigenvalue weighted by molar-refractivity contribution is -0.115. The van der Waals surface area contributed by atoms with Crippen LogP contribution in [0.15, 0.2) is 62.9 Å². The van der Waals surface area contributed by atoms with Crippen LogP contribution in [0.1, 0.15) is 5.56 Å². The lowest BCUT2D eigenvalue weighted by atomic mass is 10.2. The summed E-state index contributed by atoms with van der Waals surface area (Å²) < 4.78 is 0.989. The molecule has 6 heteroatoms. The number of amidine groups is 1. The highest BCUT2D eigenvalue weighted by atomic mass is 79.9. The van der Waals surface area contributed by atoms with Crippen molar-refractivity contribution in [2.75, 3.05) is 19.0 Å². The minimum absolute atomic E-state index is 0.123. The second kappa shape index (κ2) is 7.23. The van der Waals surface area contributed by atoms with Crippen LogP contribution >= 0.6 is 27.7 Å². The van der Waals surface area contributed by atoms with Gasteiger partial charge in [-0.05, 0) is 63.6 Å². The maximum atomic E-state index is 12.1. The summed E-state index contributed by atoms with van der Waals surface area (Å²) in [4.78, 5) is 19.2. The molecule has 24 heavy (non-hydrogen) atoms. The zero-order chi connectivity index (χ0) is 17.1. The lowest BCUT2D eigenvalue weighted by Gasteiger charge is -2.14. The molecule has 1 amide bonds. The normalized spacial score (nSPS) is 17.4. The van der Waals surface area contributed by atoms with E-state index < -0.39 is 0 Å². The van der Waals surface area contributed by atoms with E-state index in [0.29, 0.717) is 10.1 Å². The van der Waals surface area contributed by atoms with E-state index in [0.717, 1.165) is 21.4 Å². The number of anilines is 1. The molecule has 0 spiro atoms. The molecular weight excluding hydrogens is 386 g/mol. The van der Waals surface area contributed by atoms with Crippen molar-refractivity contribution in [1.29, 1.82) is 0 Å². The molecule has 0 radical (unpaired) electrons. The van der Waals surface area contributed by atoms with Gasteiger partial charge >= 0.3 is 0 Å². The van der Waals surface area contributed by atoms with Gasteiger partial charge in [-0.2, -0.15) is 0 Å². The molecule has 2 aromatic rings. The third kappa shape index (κ3) is 3.88. The maximum absolute atomic E-state index is 12.1. The van der Waals surface area contributed by atoms with E-state index in [4.69, 9.17) is 0 Å². The van der Waals surface area contributed by atoms with Crippen LogP contribution in [-0.2, 0) is 4.79 Å². The first kappa shape index (κ1) is 16.8. The van der Waals surface area contributed by atoms with Gasteiger partial charge in [0.05, 0.1) is 16.3 Å². The number of carbonyl (C=O) groups excluding carboxylic acids is 1. The zero-order valence-corrected chi connectivity index (χ0v) is 15.7. The Morgan fingerprint density at radius 3 is 2.58 bits per heavy atom. The molecule has 122 valence electrons. The van der Waals surface area contributed by atoms with E-state index >= 15 is 0 Å². The third-order valence-electron chi connectivity index (χ3n) is 3.39. The number of hydrogen-bond donors (Lipinski definition) is 1. The molecule has 0 saturated carbocycles. The monoisotopic (exact) mass is 401 g/mol. The standard InChI is InChI=1S/C18H16BrN3OS/c1-22(2)15-9-8-12(10-14(15)19)11-16-17(23)21-18(24-16)20-13-6-4-3-5-7-13/h3-11H,1-2H3,(H,20,21,23)/b16-11+. The molecule has 1 aliphatic heterocycles. The number of aliphatic imine (C=N–C) groups is 1. The number of carbonyl (C=O) groups is 1. The smallest absolute Gasteiger partial charge is 0.264 e. The van der Waals surface area contributed by atoms with Gasteiger partial charge in [0.25, 0.3) is 5.91 Å². The van der Waals surface area contributed by atoms with Crippen molar-refractivity contribution in [3.63, 3.8) is 0 Å². The van der Waals surface area contributed by atoms with Crippen molar-refractivity contribution in [3.8, 4) is 0 Å². The van der Waals surface area contributed by atoms with E-state index in [-0.39, 0.29) is 5.91 Å². The summed E-state index contributed by atoms with van der Waals surface area (Å²) in [6.07, 6.45) is 1.87. The molecule has 0 atom stereocenters. The predicted molar refractivity (Wildman–Crippen MR) is 106 cm³/mol. The van der Waals surface area contributed by atoms with Crippen LogP contribution in [0, 0.1) is 0 Å². The van der Waals surface area contributed by atoms with Gasteiger partial charge in [0.2, 0.25) is 0 Å². The van der Waals surface area contributed by atoms with Gasteiger partial charge in [-0.3, -0.25) is 4.79 Å². The minimum atomic E-state index is -0.123. The highest BCUT2D eigenvalue weighted by molar-refractivity contribution is 9.10. The Balaban J connectivity index is 1.83. The Hall–Kier alpha value is -2.05. The fraction of sp³-hybridized carbons (Fsp3) is 0.111. The molecule has 3 rings (SSSR count). The van der Waals surface area contributed by atoms with Crippen LogP contribution in [-0.4, -0.2) is 25.2 Å². The number of benzene rings is 2. The molecule has 0 unspecified atom stereocenters. The average molecular weight is 402 g/mol. The first-order valence-corrected chi connectivity index (χ1v) is 8.95. The van der Waals surface area contributed by atoms with Crippen LogP contribution in [0.4, 0.5) is 11.4 Å². The number of thioether (sulfide) groups is 1. The number of nitrogens with one attached hydrogen (secondary N) is 1. The highest BCUT2D eigenvalue weighted by Gasteiger charge is 2.23. The van der Waals surface area contributed by atoms with Gasteiger partial charge in [0, 0.05) is 18.6 Å². The Bertz CT molecular complexity index is 831. The maximum Gasteiger partial charge on any atom is 0.264 e. The van der Waals surface area contributed by atoms with Crippen LogP contribution in [0.25, 0.3) is 6.08 Å². The number of amides is 1. The fourth-order valence-corrected chi connectivity index (χ4v) is 3.82. The van der Waals surface area contributed by atoms with Crippen LogP contribution in [0.5, 0.6) is 0 Å². The average Bonchev–Trinajstić information content (AvgIpc) is 2.87. The molecule has 1 saturated heterocycles. The van der Waals surface area contributed by atoms with E-state index in [1.807, 2.05) is 73.6 Å². The quantitative estimate of drug-likeness (QED) is 0.774. The second-order valence-corrected chi connectivity index (χ2v) is 7.31. The van der Waals surface area contributed by atoms with Crippen LogP contribution < -0.4 is 10.2 Å². The van der Waals surface area contributed by atoms with Gasteiger partial charge in [0.15, 0.2) is 5.17 Å². The molecule has 2 aromatic carbocycles. The summed E-state index contributed by atoms with van der Waals surface area (Å²) in [5, 5.41) is 3.40. The van der Waals surface area contributed by atoms with Gasteiger partial charge in [-0.1, -0.05) is 24.3 Å². The number of halogens is 1. The second-order valence-electron chi connectivity index (χ2n) is 5.42. The van der Waals surface area contributed by atoms with Crippen LogP contribution in [0.2, 0.25) is 0 Å². The summed E-state index contributed by atoms with van der Waals surface area (Å²) in [7, 11) is 3.98. The Morgan fingerprint density at radius 2 is 1.92 bits per heavy atom. The molecule has 1 aliphatic rings. The van der Waals surface area contributed by atoms with Gasteiger partial charge in [-0.25, -0.2) is 4.99 Å². The summed E-state index contributed by atoms with van der Waals surface area (Å²) in [6.45, 7) is 0. The molecule has 1 heterocycles. The summed E-state index contributed by atoms with van der Waals surface area (Å²) in [6, 6.07) is 15.6. The molecule has 1 N–H and O–H groups in total. The van der Waals surface area contributed by atoms with Crippen molar-refractivity contribution >= 4 is 56.2 Å². The predicted octanol–water partition coefficient (Wildman–Crippen LogP) is 4.41. The van der Waals surface area contributed by atoms with Gasteiger partial charge in [0.1, 0.15) is 0 Å². The van der Waals surface area contributed by atoms with E-state index in [1.165, 1.54) is 11.8 Å². The number of hydrogen-bond acceptors (Lipinski definition) is 4. The first-order chi connectivity index (χ1) is 11.5. The van der Waals surface area contributed by atoms with Crippen molar-refractivity contribution in [1.82, 2.24) is 5.32 Å². The first-order valence-electron chi connectivity index (χ1n) is 7.34. The SMILES string of the molecule is CN(C)c1ccc(/C=C2/SC(=Nc3ccccc3)NC2=O)cc1Br. The van der Waals surface area contributed by atoms with Gasteiger partial charge < -0.3 is 10.2 Å². The fourth-order valence-electron chi connectivity index (χ4n) is 2.23.